The largest absolute Gasteiger partial charge is 0.480 e. The van der Waals surface area contributed by atoms with Gasteiger partial charge in [0.05, 0.1) is 6.04 Å². The average Bonchev–Trinajstić information content (AvgIpc) is 2.02. The van der Waals surface area contributed by atoms with E-state index in [0.29, 0.717) is 12.3 Å². The van der Waals surface area contributed by atoms with Gasteiger partial charge in [-0.15, -0.1) is 0 Å². The van der Waals surface area contributed by atoms with E-state index in [-0.39, 0.29) is 0 Å². The van der Waals surface area contributed by atoms with Crippen molar-refractivity contribution in [3.05, 3.63) is 0 Å². The first-order valence-electron chi connectivity index (χ1n) is 4.63. The molecule has 0 aromatic carbocycles. The number of carbonyl (C=O) groups excluding carboxylic acids is 1. The maximum atomic E-state index is 11.3. The first-order chi connectivity index (χ1) is 6.34. The van der Waals surface area contributed by atoms with Crippen LogP contribution in [0.5, 0.6) is 0 Å². The summed E-state index contributed by atoms with van der Waals surface area (Å²) in [4.78, 5) is 21.7. The Labute approximate surface area is 83.7 Å². The minimum absolute atomic E-state index is 0.316. The number of amides is 1. The molecule has 2 atom stereocenters. The minimum Gasteiger partial charge on any atom is -0.480 e. The topological polar surface area (TPSA) is 92.4 Å². The second kappa shape index (κ2) is 5.59. The Bertz CT molecular complexity index is 216. The zero-order chi connectivity index (χ0) is 11.3. The number of nitrogens with two attached hydrogens (primary N) is 1. The van der Waals surface area contributed by atoms with Crippen molar-refractivity contribution >= 4 is 11.9 Å². The van der Waals surface area contributed by atoms with Crippen molar-refractivity contribution in [2.45, 2.75) is 39.3 Å². The Morgan fingerprint density at radius 1 is 1.36 bits per heavy atom. The normalized spacial score (nSPS) is 14.9. The standard InChI is InChI=1S/C9H18N2O3/c1-5(2)4-7(10)8(12)11-6(3)9(13)14/h5-7H,4,10H2,1-3H3,(H,11,12)(H,13,14)/t6-,7+/m0/s1. The molecule has 0 aliphatic heterocycles. The van der Waals surface area contributed by atoms with Gasteiger partial charge in [-0.2, -0.15) is 0 Å². The van der Waals surface area contributed by atoms with Gasteiger partial charge in [0, 0.05) is 0 Å². The molecular weight excluding hydrogens is 184 g/mol. The zero-order valence-electron chi connectivity index (χ0n) is 8.78. The van der Waals surface area contributed by atoms with E-state index in [0.717, 1.165) is 0 Å². The number of carboxylic acid groups (broad SMARTS) is 1. The van der Waals surface area contributed by atoms with Crippen molar-refractivity contribution in [1.29, 1.82) is 0 Å². The lowest BCUT2D eigenvalue weighted by atomic mass is 10.0. The van der Waals surface area contributed by atoms with Crippen molar-refractivity contribution < 1.29 is 14.7 Å². The fourth-order valence-corrected chi connectivity index (χ4v) is 0.997. The van der Waals surface area contributed by atoms with E-state index in [2.05, 4.69) is 5.32 Å². The molecule has 5 heteroatoms. The monoisotopic (exact) mass is 202 g/mol. The van der Waals surface area contributed by atoms with Gasteiger partial charge >= 0.3 is 5.97 Å². The fourth-order valence-electron chi connectivity index (χ4n) is 0.997. The second-order valence-corrected chi connectivity index (χ2v) is 3.80. The number of nitrogens with one attached hydrogen (secondary N) is 1. The molecule has 1 amide bonds. The van der Waals surface area contributed by atoms with Gasteiger partial charge in [0.15, 0.2) is 0 Å². The maximum absolute atomic E-state index is 11.3. The molecule has 0 fully saturated rings. The summed E-state index contributed by atoms with van der Waals surface area (Å²) in [5.41, 5.74) is 5.56. The van der Waals surface area contributed by atoms with Crippen LogP contribution in [-0.4, -0.2) is 29.1 Å². The SMILES string of the molecule is CC(C)C[C@@H](N)C(=O)N[C@@H](C)C(=O)O. The van der Waals surface area contributed by atoms with Crippen LogP contribution >= 0.6 is 0 Å². The van der Waals surface area contributed by atoms with Crippen LogP contribution in [0, 0.1) is 5.92 Å². The van der Waals surface area contributed by atoms with E-state index in [9.17, 15) is 9.59 Å². The highest BCUT2D eigenvalue weighted by Gasteiger charge is 2.19. The van der Waals surface area contributed by atoms with E-state index in [1.54, 1.807) is 0 Å². The highest BCUT2D eigenvalue weighted by molar-refractivity contribution is 5.86. The van der Waals surface area contributed by atoms with Crippen molar-refractivity contribution in [2.24, 2.45) is 11.7 Å². The van der Waals surface area contributed by atoms with Gasteiger partial charge in [0.2, 0.25) is 5.91 Å². The van der Waals surface area contributed by atoms with Crippen molar-refractivity contribution in [3.8, 4) is 0 Å². The van der Waals surface area contributed by atoms with E-state index in [4.69, 9.17) is 10.8 Å². The van der Waals surface area contributed by atoms with Gasteiger partial charge in [-0.3, -0.25) is 9.59 Å². The third kappa shape index (κ3) is 4.81. The highest BCUT2D eigenvalue weighted by Crippen LogP contribution is 2.02. The van der Waals surface area contributed by atoms with Crippen LogP contribution in [0.25, 0.3) is 0 Å². The molecular formula is C9H18N2O3. The Hall–Kier alpha value is -1.10. The lowest BCUT2D eigenvalue weighted by Gasteiger charge is -2.16. The van der Waals surface area contributed by atoms with Gasteiger partial charge in [-0.25, -0.2) is 0 Å². The lowest BCUT2D eigenvalue weighted by Crippen LogP contribution is -2.47. The summed E-state index contributed by atoms with van der Waals surface area (Å²) < 4.78 is 0. The predicted molar refractivity (Wildman–Crippen MR) is 52.7 cm³/mol. The number of rotatable bonds is 5. The summed E-state index contributed by atoms with van der Waals surface area (Å²) in [7, 11) is 0. The van der Waals surface area contributed by atoms with Crippen LogP contribution in [0.3, 0.4) is 0 Å². The molecule has 0 rings (SSSR count). The van der Waals surface area contributed by atoms with E-state index < -0.39 is 24.0 Å². The molecule has 5 nitrogen and oxygen atoms in total. The van der Waals surface area contributed by atoms with Crippen LogP contribution in [0.2, 0.25) is 0 Å². The second-order valence-electron chi connectivity index (χ2n) is 3.80. The van der Waals surface area contributed by atoms with Gasteiger partial charge < -0.3 is 16.2 Å². The first-order valence-corrected chi connectivity index (χ1v) is 4.63. The molecule has 0 saturated carbocycles. The van der Waals surface area contributed by atoms with Gasteiger partial charge in [-0.05, 0) is 19.3 Å². The first kappa shape index (κ1) is 12.9. The molecule has 0 saturated heterocycles. The molecule has 0 aromatic rings. The van der Waals surface area contributed by atoms with Crippen molar-refractivity contribution in [1.82, 2.24) is 5.32 Å². The summed E-state index contributed by atoms with van der Waals surface area (Å²) in [6, 6.07) is -1.52. The van der Waals surface area contributed by atoms with Crippen LogP contribution in [-0.2, 0) is 9.59 Å². The third-order valence-corrected chi connectivity index (χ3v) is 1.79. The number of carbonyl (C=O) groups is 2. The molecule has 14 heavy (non-hydrogen) atoms. The predicted octanol–water partition coefficient (Wildman–Crippen LogP) is -0.0509. The summed E-state index contributed by atoms with van der Waals surface area (Å²) in [5, 5.41) is 10.9. The minimum atomic E-state index is -1.06. The van der Waals surface area contributed by atoms with Gasteiger partial charge in [0.1, 0.15) is 6.04 Å². The number of hydrogen-bond acceptors (Lipinski definition) is 3. The third-order valence-electron chi connectivity index (χ3n) is 1.79. The Morgan fingerprint density at radius 3 is 2.21 bits per heavy atom. The lowest BCUT2D eigenvalue weighted by molar-refractivity contribution is -0.141. The van der Waals surface area contributed by atoms with Crippen molar-refractivity contribution in [3.63, 3.8) is 0 Å². The molecule has 0 bridgehead atoms. The van der Waals surface area contributed by atoms with Crippen LogP contribution in [0.15, 0.2) is 0 Å². The average molecular weight is 202 g/mol. The van der Waals surface area contributed by atoms with E-state index in [1.807, 2.05) is 13.8 Å². The smallest absolute Gasteiger partial charge is 0.325 e. The molecule has 0 aromatic heterocycles. The van der Waals surface area contributed by atoms with Gasteiger partial charge in [-0.1, -0.05) is 13.8 Å². The molecule has 0 spiro atoms. The summed E-state index contributed by atoms with van der Waals surface area (Å²) >= 11 is 0. The quantitative estimate of drug-likeness (QED) is 0.582. The number of carboxylic acids is 1. The van der Waals surface area contributed by atoms with E-state index >= 15 is 0 Å². The summed E-state index contributed by atoms with van der Waals surface area (Å²) in [6.45, 7) is 5.31. The molecule has 82 valence electrons. The molecule has 0 unspecified atom stereocenters. The number of aliphatic carboxylic acids is 1. The summed E-state index contributed by atoms with van der Waals surface area (Å²) in [5.74, 6) is -1.15. The highest BCUT2D eigenvalue weighted by atomic mass is 16.4. The van der Waals surface area contributed by atoms with E-state index in [1.165, 1.54) is 6.92 Å². The molecule has 4 N–H and O–H groups in total. The summed E-state index contributed by atoms with van der Waals surface area (Å²) in [6.07, 6.45) is 0.554. The van der Waals surface area contributed by atoms with Crippen LogP contribution in [0.4, 0.5) is 0 Å². The van der Waals surface area contributed by atoms with Crippen molar-refractivity contribution in [2.75, 3.05) is 0 Å². The maximum Gasteiger partial charge on any atom is 0.325 e. The Balaban J connectivity index is 4.01. The van der Waals surface area contributed by atoms with Crippen LogP contribution < -0.4 is 11.1 Å². The Kier molecular flexibility index (Phi) is 5.15. The van der Waals surface area contributed by atoms with Gasteiger partial charge in [0.25, 0.3) is 0 Å². The van der Waals surface area contributed by atoms with Crippen LogP contribution in [0.1, 0.15) is 27.2 Å². The molecule has 0 radical (unpaired) electrons. The Morgan fingerprint density at radius 2 is 1.86 bits per heavy atom. The number of hydrogen-bond donors (Lipinski definition) is 3. The molecule has 0 aliphatic rings. The zero-order valence-corrected chi connectivity index (χ0v) is 8.78. The molecule has 0 heterocycles. The fraction of sp³-hybridized carbons (Fsp3) is 0.778. The molecule has 0 aliphatic carbocycles.